The van der Waals surface area contributed by atoms with Crippen molar-refractivity contribution < 1.29 is 45.9 Å². The average Bonchev–Trinajstić information content (AvgIpc) is 2.81. The molecular weight excluding hydrogens is 439 g/mol. The van der Waals surface area contributed by atoms with E-state index in [4.69, 9.17) is 18.7 Å². The summed E-state index contributed by atoms with van der Waals surface area (Å²) in [5.74, 6) is 0. The second-order valence-corrected chi connectivity index (χ2v) is 6.86. The van der Waals surface area contributed by atoms with E-state index in [1.807, 2.05) is 0 Å². The first-order valence-electron chi connectivity index (χ1n) is 6.73. The largest absolute Gasteiger partial charge is 0.540 e. The Morgan fingerprint density at radius 3 is 2.28 bits per heavy atom. The third-order valence-electron chi connectivity index (χ3n) is 3.54. The summed E-state index contributed by atoms with van der Waals surface area (Å²) in [7, 11) is 0.763. The van der Waals surface area contributed by atoms with Crippen LogP contribution in [0.5, 0.6) is 0 Å². The minimum atomic E-state index is -4.39. The molecule has 0 aliphatic carbocycles. The molecule has 3 aromatic rings. The van der Waals surface area contributed by atoms with E-state index in [1.54, 1.807) is 36.6 Å². The first-order chi connectivity index (χ1) is 11.3. The maximum absolute atomic E-state index is 12.7. The molecule has 0 fully saturated rings. The number of fused-ring (bicyclic) bond motifs is 1. The summed E-state index contributed by atoms with van der Waals surface area (Å²) in [4.78, 5) is 24.2. The van der Waals surface area contributed by atoms with Crippen molar-refractivity contribution in [3.63, 3.8) is 0 Å². The maximum atomic E-state index is 12.7. The number of nitrogens with zero attached hydrogens (tertiary/aromatic N) is 2. The molecule has 1 unspecified atom stereocenters. The van der Waals surface area contributed by atoms with E-state index in [9.17, 15) is 18.0 Å². The third-order valence-corrected chi connectivity index (χ3v) is 4.63. The van der Waals surface area contributed by atoms with Crippen LogP contribution < -0.4 is 5.69 Å². The van der Waals surface area contributed by atoms with Crippen LogP contribution in [-0.4, -0.2) is 30.4 Å². The van der Waals surface area contributed by atoms with Crippen molar-refractivity contribution in [3.05, 3.63) is 69.6 Å². The number of aromatic nitrogens is 2. The number of hydrogen-bond donors (Lipinski definition) is 0. The van der Waals surface area contributed by atoms with Gasteiger partial charge in [-0.15, -0.1) is 0 Å². The van der Waals surface area contributed by atoms with E-state index >= 15 is 0 Å². The van der Waals surface area contributed by atoms with Crippen LogP contribution in [-0.2, 0) is 47.4 Å². The molecule has 10 heteroatoms. The fourth-order valence-electron chi connectivity index (χ4n) is 2.57. The van der Waals surface area contributed by atoms with Crippen molar-refractivity contribution in [3.8, 4) is 0 Å². The molecule has 0 N–H and O–H groups in total. The second kappa shape index (κ2) is 7.58. The van der Waals surface area contributed by atoms with E-state index in [-0.39, 0.29) is 48.8 Å². The van der Waals surface area contributed by atoms with Crippen molar-refractivity contribution in [2.75, 3.05) is 0 Å². The second-order valence-electron chi connectivity index (χ2n) is 5.03. The normalized spacial score (nSPS) is 12.5. The minimum absolute atomic E-state index is 0. The van der Waals surface area contributed by atoms with Gasteiger partial charge in [-0.25, -0.2) is 19.5 Å². The van der Waals surface area contributed by atoms with Gasteiger partial charge in [-0.1, -0.05) is 47.5 Å². The van der Waals surface area contributed by atoms with Crippen LogP contribution in [0.3, 0.4) is 0 Å². The van der Waals surface area contributed by atoms with E-state index in [1.165, 1.54) is 18.2 Å². The van der Waals surface area contributed by atoms with Crippen LogP contribution in [0.25, 0.3) is 11.0 Å². The Morgan fingerprint density at radius 2 is 1.72 bits per heavy atom. The molecule has 3 radical (unpaired) electrons. The average molecular weight is 448 g/mol. The number of halogens is 1. The van der Waals surface area contributed by atoms with Crippen LogP contribution in [0.15, 0.2) is 53.3 Å². The molecule has 0 saturated carbocycles. The first kappa shape index (κ1) is 20.1. The summed E-state index contributed by atoms with van der Waals surface area (Å²) in [5.41, 5.74) is -0.285. The smallest absolute Gasteiger partial charge is 0.340 e. The van der Waals surface area contributed by atoms with Crippen molar-refractivity contribution >= 4 is 45.9 Å². The zero-order valence-electron chi connectivity index (χ0n) is 12.7. The van der Waals surface area contributed by atoms with Gasteiger partial charge < -0.3 is 9.36 Å². The molecule has 2 aromatic carbocycles. The molecule has 1 aromatic heterocycles. The van der Waals surface area contributed by atoms with Gasteiger partial charge in [-0.3, -0.25) is 0 Å². The molecule has 3 rings (SSSR count). The van der Waals surface area contributed by atoms with Crippen molar-refractivity contribution in [1.29, 1.82) is 0 Å². The molecule has 0 saturated heterocycles. The molecule has 1 atom stereocenters. The van der Waals surface area contributed by atoms with Crippen molar-refractivity contribution in [2.24, 2.45) is 0 Å². The molecule has 0 spiro atoms. The van der Waals surface area contributed by atoms with Crippen molar-refractivity contribution in [2.45, 2.75) is 6.04 Å². The summed E-state index contributed by atoms with van der Waals surface area (Å²) in [6, 6.07) is 11.5. The topological polar surface area (TPSA) is 78.1 Å². The number of benzene rings is 2. The van der Waals surface area contributed by atoms with Crippen LogP contribution in [0, 0.1) is 0 Å². The van der Waals surface area contributed by atoms with E-state index in [0.29, 0.717) is 9.54 Å². The molecule has 1 heterocycles. The Morgan fingerprint density at radius 1 is 1.08 bits per heavy atom. The van der Waals surface area contributed by atoms with Gasteiger partial charge in [-0.2, -0.15) is 3.97 Å². The Labute approximate surface area is 175 Å². The fourth-order valence-corrected chi connectivity index (χ4v) is 3.46. The Bertz CT molecular complexity index is 1100. The molecule has 0 amide bonds. The maximum Gasteiger partial charge on any atom is 0.340 e. The first-order valence-corrected chi connectivity index (χ1v) is 8.61. The fraction of sp³-hybridized carbons (Fsp3) is 0.0667. The summed E-state index contributed by atoms with van der Waals surface area (Å²) in [6.07, 6.45) is 1.78. The van der Waals surface area contributed by atoms with E-state index in [2.05, 4.69) is 0 Å². The molecular formula is C15H9BClN2O4SY-. The van der Waals surface area contributed by atoms with Crippen LogP contribution in [0.1, 0.15) is 11.6 Å². The molecule has 25 heavy (non-hydrogen) atoms. The van der Waals surface area contributed by atoms with E-state index < -0.39 is 21.6 Å². The predicted octanol–water partition coefficient (Wildman–Crippen LogP) is 1.41. The predicted molar refractivity (Wildman–Crippen MR) is 91.6 cm³/mol. The molecule has 6 nitrogen and oxygen atoms in total. The quantitative estimate of drug-likeness (QED) is 0.447. The van der Waals surface area contributed by atoms with Gasteiger partial charge in [0, 0.05) is 37.7 Å². The van der Waals surface area contributed by atoms with Gasteiger partial charge in [0.1, 0.15) is 0 Å². The van der Waals surface area contributed by atoms with E-state index in [0.717, 1.165) is 4.57 Å². The van der Waals surface area contributed by atoms with Gasteiger partial charge in [0.25, 0.3) is 7.12 Å². The molecule has 0 aliphatic heterocycles. The van der Waals surface area contributed by atoms with Gasteiger partial charge in [-0.05, 0) is 24.2 Å². The zero-order chi connectivity index (χ0) is 17.5. The number of imidazole rings is 1. The Hall–Kier alpha value is -1.21. The number of rotatable bonds is 4. The monoisotopic (exact) mass is 448 g/mol. The summed E-state index contributed by atoms with van der Waals surface area (Å²) in [5, 5.41) is 0.225. The minimum Gasteiger partial charge on any atom is -0.540 e. The van der Waals surface area contributed by atoms with Crippen LogP contribution in [0.4, 0.5) is 0 Å². The van der Waals surface area contributed by atoms with Gasteiger partial charge >= 0.3 is 5.69 Å². The molecule has 0 aliphatic rings. The summed E-state index contributed by atoms with van der Waals surface area (Å²) in [6.45, 7) is 0. The zero-order valence-corrected chi connectivity index (χ0v) is 17.1. The Kier molecular flexibility index (Phi) is 6.09. The van der Waals surface area contributed by atoms with Crippen molar-refractivity contribution in [1.82, 2.24) is 8.54 Å². The summed E-state index contributed by atoms with van der Waals surface area (Å²) < 4.78 is 25.1. The Balaban J connectivity index is 0.00000225. The van der Waals surface area contributed by atoms with Crippen LogP contribution in [0.2, 0.25) is 5.02 Å². The number of hydrogen-bond acceptors (Lipinski definition) is 4. The molecule has 123 valence electrons. The van der Waals surface area contributed by atoms with Gasteiger partial charge in [0.05, 0.1) is 11.0 Å². The summed E-state index contributed by atoms with van der Waals surface area (Å²) >= 11 is 5.90. The third kappa shape index (κ3) is 3.67. The standard InChI is InChI=1S/C15H9BClN2O4S.Y/c16-24(22,23)19-13-8-11(17)6-7-12(13)18(15(19)21)14(9-20)10-4-2-1-3-5-10;/h1-8,14H;/q-1;. The SMILES string of the molecule is [B]S(=O)(=O)n1c(=O)n(C([C-]=O)c2ccccc2)c2ccc(Cl)cc21.[Y]. The van der Waals surface area contributed by atoms with Gasteiger partial charge in [0.15, 0.2) is 9.87 Å². The van der Waals surface area contributed by atoms with Crippen LogP contribution >= 0.6 is 11.6 Å². The molecule has 0 bridgehead atoms. The van der Waals surface area contributed by atoms with Gasteiger partial charge in [0.2, 0.25) is 0 Å². The number of carbonyl (C=O) groups excluding carboxylic acids is 1.